The maximum Gasteiger partial charge on any atom is 0.319 e. The van der Waals surface area contributed by atoms with Crippen LogP contribution in [0.4, 0.5) is 4.79 Å². The van der Waals surface area contributed by atoms with Crippen LogP contribution in [0.1, 0.15) is 17.4 Å². The lowest BCUT2D eigenvalue weighted by Crippen LogP contribution is -2.44. The van der Waals surface area contributed by atoms with E-state index < -0.39 is 6.04 Å². The lowest BCUT2D eigenvalue weighted by atomic mass is 9.96. The van der Waals surface area contributed by atoms with Gasteiger partial charge in [0.25, 0.3) is 5.91 Å². The zero-order valence-corrected chi connectivity index (χ0v) is 13.6. The largest absolute Gasteiger partial charge is 0.497 e. The second kappa shape index (κ2) is 6.01. The summed E-state index contributed by atoms with van der Waals surface area (Å²) in [6, 6.07) is 10.1. The van der Waals surface area contributed by atoms with E-state index in [1.54, 1.807) is 24.3 Å². The Morgan fingerprint density at radius 1 is 1.24 bits per heavy atom. The second-order valence-electron chi connectivity index (χ2n) is 5.94. The molecule has 0 aliphatic carbocycles. The maximum absolute atomic E-state index is 12.9. The Hall–Kier alpha value is -3.22. The summed E-state index contributed by atoms with van der Waals surface area (Å²) in [4.78, 5) is 26.6. The molecule has 7 nitrogen and oxygen atoms in total. The molecule has 2 aromatic rings. The zero-order valence-electron chi connectivity index (χ0n) is 13.6. The highest BCUT2D eigenvalue weighted by Gasteiger charge is 2.40. The Morgan fingerprint density at radius 2 is 2.04 bits per heavy atom. The summed E-state index contributed by atoms with van der Waals surface area (Å²) in [5, 5.41) is 5.58. The molecule has 25 heavy (non-hydrogen) atoms. The Bertz CT molecular complexity index is 840. The number of nitrogens with zero attached hydrogens (tertiary/aromatic N) is 1. The van der Waals surface area contributed by atoms with Crippen molar-refractivity contribution in [1.82, 2.24) is 15.5 Å². The van der Waals surface area contributed by atoms with Gasteiger partial charge in [-0.05, 0) is 29.8 Å². The molecule has 2 N–H and O–H groups in total. The number of methoxy groups -OCH3 is 1. The van der Waals surface area contributed by atoms with Crippen LogP contribution in [0.25, 0.3) is 0 Å². The van der Waals surface area contributed by atoms with Crippen molar-refractivity contribution < 1.29 is 18.7 Å². The molecule has 0 radical (unpaired) electrons. The zero-order chi connectivity index (χ0) is 17.4. The van der Waals surface area contributed by atoms with Gasteiger partial charge in [-0.25, -0.2) is 4.79 Å². The van der Waals surface area contributed by atoms with Crippen molar-refractivity contribution in [3.05, 3.63) is 65.3 Å². The van der Waals surface area contributed by atoms with Crippen molar-refractivity contribution in [3.63, 3.8) is 0 Å². The van der Waals surface area contributed by atoms with Crippen LogP contribution in [0, 0.1) is 0 Å². The lowest BCUT2D eigenvalue weighted by Gasteiger charge is -2.25. The first-order chi connectivity index (χ1) is 12.2. The molecule has 0 spiro atoms. The topological polar surface area (TPSA) is 83.8 Å². The van der Waals surface area contributed by atoms with Crippen molar-refractivity contribution in [1.29, 1.82) is 0 Å². The number of nitrogens with one attached hydrogen (secondary N) is 2. The number of benzene rings is 1. The standard InChI is InChI=1S/C18H17N3O4/c1-24-12-6-4-11(5-7-12)16-15-14(19-18(23)20-16)10-21(17(15)22)9-13-3-2-8-25-13/h2-8,16H,9-10H2,1H3,(H2,19,20,23)/t16-/m0/s1. The van der Waals surface area contributed by atoms with Gasteiger partial charge in [0.1, 0.15) is 11.5 Å². The van der Waals surface area contributed by atoms with Crippen LogP contribution in [0.3, 0.4) is 0 Å². The fourth-order valence-corrected chi connectivity index (χ4v) is 3.19. The highest BCUT2D eigenvalue weighted by atomic mass is 16.5. The molecule has 2 aliphatic heterocycles. The molecule has 1 aromatic carbocycles. The molecule has 128 valence electrons. The van der Waals surface area contributed by atoms with Gasteiger partial charge in [-0.1, -0.05) is 12.1 Å². The normalized spacial score (nSPS) is 19.6. The van der Waals surface area contributed by atoms with Crippen molar-refractivity contribution in [2.75, 3.05) is 13.7 Å². The Labute approximate surface area is 144 Å². The van der Waals surface area contributed by atoms with E-state index in [9.17, 15) is 9.59 Å². The number of ether oxygens (including phenoxy) is 1. The fraction of sp³-hybridized carbons (Fsp3) is 0.222. The van der Waals surface area contributed by atoms with E-state index in [-0.39, 0.29) is 11.9 Å². The molecule has 4 rings (SSSR count). The van der Waals surface area contributed by atoms with E-state index in [4.69, 9.17) is 9.15 Å². The van der Waals surface area contributed by atoms with E-state index >= 15 is 0 Å². The Morgan fingerprint density at radius 3 is 2.72 bits per heavy atom. The fourth-order valence-electron chi connectivity index (χ4n) is 3.19. The molecule has 2 aliphatic rings. The van der Waals surface area contributed by atoms with Crippen LogP contribution >= 0.6 is 0 Å². The van der Waals surface area contributed by atoms with Crippen molar-refractivity contribution in [2.45, 2.75) is 12.6 Å². The number of rotatable bonds is 4. The molecule has 0 fully saturated rings. The van der Waals surface area contributed by atoms with Gasteiger partial charge >= 0.3 is 6.03 Å². The molecule has 0 unspecified atom stereocenters. The van der Waals surface area contributed by atoms with Crippen LogP contribution in [0.2, 0.25) is 0 Å². The molecule has 3 amide bonds. The highest BCUT2D eigenvalue weighted by Crippen LogP contribution is 2.33. The summed E-state index contributed by atoms with van der Waals surface area (Å²) in [6.45, 7) is 0.721. The minimum absolute atomic E-state index is 0.111. The molecule has 0 saturated carbocycles. The van der Waals surface area contributed by atoms with Gasteiger partial charge in [0, 0.05) is 0 Å². The van der Waals surface area contributed by atoms with E-state index in [1.165, 1.54) is 0 Å². The van der Waals surface area contributed by atoms with E-state index in [0.29, 0.717) is 30.1 Å². The lowest BCUT2D eigenvalue weighted by molar-refractivity contribution is -0.126. The number of urea groups is 1. The average Bonchev–Trinajstić information content (AvgIpc) is 3.23. The Balaban J connectivity index is 1.63. The van der Waals surface area contributed by atoms with Gasteiger partial charge < -0.3 is 24.7 Å². The summed E-state index contributed by atoms with van der Waals surface area (Å²) in [7, 11) is 1.59. The van der Waals surface area contributed by atoms with Crippen LogP contribution in [0.5, 0.6) is 5.75 Å². The predicted molar refractivity (Wildman–Crippen MR) is 88.6 cm³/mol. The smallest absolute Gasteiger partial charge is 0.319 e. The predicted octanol–water partition coefficient (Wildman–Crippen LogP) is 1.94. The molecular formula is C18H17N3O4. The quantitative estimate of drug-likeness (QED) is 0.892. The summed E-state index contributed by atoms with van der Waals surface area (Å²) >= 11 is 0. The minimum atomic E-state index is -0.483. The molecule has 1 aromatic heterocycles. The van der Waals surface area contributed by atoms with Gasteiger partial charge in [0.2, 0.25) is 0 Å². The number of carbonyl (C=O) groups is 2. The molecule has 3 heterocycles. The third-order valence-electron chi connectivity index (χ3n) is 4.40. The van der Waals surface area contributed by atoms with Gasteiger partial charge in [-0.3, -0.25) is 4.79 Å². The first kappa shape index (κ1) is 15.3. The van der Waals surface area contributed by atoms with Crippen LogP contribution < -0.4 is 15.4 Å². The second-order valence-corrected chi connectivity index (χ2v) is 5.94. The third kappa shape index (κ3) is 2.73. The average molecular weight is 339 g/mol. The number of carbonyl (C=O) groups excluding carboxylic acids is 2. The summed E-state index contributed by atoms with van der Waals surface area (Å²) in [5.41, 5.74) is 2.04. The first-order valence-corrected chi connectivity index (χ1v) is 7.92. The van der Waals surface area contributed by atoms with Crippen LogP contribution in [-0.2, 0) is 11.3 Å². The van der Waals surface area contributed by atoms with Gasteiger partial charge in [0.05, 0.1) is 43.8 Å². The maximum atomic E-state index is 12.9. The highest BCUT2D eigenvalue weighted by molar-refractivity contribution is 6.01. The summed E-state index contributed by atoms with van der Waals surface area (Å²) in [6.07, 6.45) is 1.58. The van der Waals surface area contributed by atoms with E-state index in [0.717, 1.165) is 11.3 Å². The Kier molecular flexibility index (Phi) is 3.68. The van der Waals surface area contributed by atoms with Crippen molar-refractivity contribution >= 4 is 11.9 Å². The number of hydrogen-bond donors (Lipinski definition) is 2. The summed E-state index contributed by atoms with van der Waals surface area (Å²) < 4.78 is 10.5. The van der Waals surface area contributed by atoms with Crippen molar-refractivity contribution in [3.8, 4) is 5.75 Å². The first-order valence-electron chi connectivity index (χ1n) is 7.92. The minimum Gasteiger partial charge on any atom is -0.497 e. The SMILES string of the molecule is COc1ccc([C@@H]2NC(=O)NC3=C2C(=O)N(Cc2ccco2)C3)cc1. The number of amides is 3. The van der Waals surface area contributed by atoms with E-state index in [1.807, 2.05) is 30.3 Å². The number of furan rings is 1. The monoisotopic (exact) mass is 339 g/mol. The summed E-state index contributed by atoms with van der Waals surface area (Å²) in [5.74, 6) is 1.31. The third-order valence-corrected chi connectivity index (χ3v) is 4.40. The molecular weight excluding hydrogens is 322 g/mol. The van der Waals surface area contributed by atoms with Crippen molar-refractivity contribution in [2.24, 2.45) is 0 Å². The van der Waals surface area contributed by atoms with E-state index in [2.05, 4.69) is 10.6 Å². The number of hydrogen-bond acceptors (Lipinski definition) is 4. The van der Waals surface area contributed by atoms with Gasteiger partial charge in [-0.2, -0.15) is 0 Å². The molecule has 1 atom stereocenters. The van der Waals surface area contributed by atoms with Crippen LogP contribution in [-0.4, -0.2) is 30.5 Å². The van der Waals surface area contributed by atoms with Gasteiger partial charge in [-0.15, -0.1) is 0 Å². The molecule has 7 heteroatoms. The van der Waals surface area contributed by atoms with Gasteiger partial charge in [0.15, 0.2) is 0 Å². The van der Waals surface area contributed by atoms with Crippen LogP contribution in [0.15, 0.2) is 58.3 Å². The molecule has 0 bridgehead atoms. The molecule has 0 saturated heterocycles.